The predicted octanol–water partition coefficient (Wildman–Crippen LogP) is 1.86. The number of hydrogen-bond donors (Lipinski definition) is 1. The summed E-state index contributed by atoms with van der Waals surface area (Å²) in [5.74, 6) is 0. The molecule has 1 unspecified atom stereocenters. The smallest absolute Gasteiger partial charge is 0.209 e. The van der Waals surface area contributed by atoms with Crippen molar-refractivity contribution < 1.29 is 4.74 Å². The summed E-state index contributed by atoms with van der Waals surface area (Å²) >= 11 is 1.74. The average molecular weight is 311 g/mol. The lowest BCUT2D eigenvalue weighted by Crippen LogP contribution is -2.31. The highest BCUT2D eigenvalue weighted by Gasteiger charge is 2.46. The van der Waals surface area contributed by atoms with Gasteiger partial charge in [0.15, 0.2) is 0 Å². The normalized spacial score (nSPS) is 27.1. The van der Waals surface area contributed by atoms with E-state index in [-0.39, 0.29) is 11.2 Å². The van der Waals surface area contributed by atoms with Gasteiger partial charge in [0.25, 0.3) is 0 Å². The fourth-order valence-corrected chi connectivity index (χ4v) is 4.31. The molecular weight excluding hydrogens is 286 g/mol. The molecule has 1 aromatic rings. The van der Waals surface area contributed by atoms with Crippen molar-refractivity contribution in [1.82, 2.24) is 25.5 Å². The summed E-state index contributed by atoms with van der Waals surface area (Å²) in [7, 11) is 0. The van der Waals surface area contributed by atoms with Crippen molar-refractivity contribution in [1.29, 1.82) is 0 Å². The minimum absolute atomic E-state index is 0.0764. The monoisotopic (exact) mass is 311 g/mol. The second-order valence-corrected chi connectivity index (χ2v) is 8.36. The molecule has 0 bridgehead atoms. The molecule has 2 fully saturated rings. The summed E-state index contributed by atoms with van der Waals surface area (Å²) in [4.78, 5) is 0. The van der Waals surface area contributed by atoms with Gasteiger partial charge in [0.1, 0.15) is 0 Å². The van der Waals surface area contributed by atoms with E-state index in [2.05, 4.69) is 48.5 Å². The van der Waals surface area contributed by atoms with Crippen LogP contribution in [-0.4, -0.2) is 49.2 Å². The van der Waals surface area contributed by atoms with Crippen molar-refractivity contribution in [3.8, 4) is 0 Å². The Morgan fingerprint density at radius 2 is 2.10 bits per heavy atom. The summed E-state index contributed by atoms with van der Waals surface area (Å²) in [5, 5.41) is 16.9. The van der Waals surface area contributed by atoms with Crippen LogP contribution in [0, 0.1) is 0 Å². The summed E-state index contributed by atoms with van der Waals surface area (Å²) in [5.41, 5.74) is -0.232. The van der Waals surface area contributed by atoms with Crippen LogP contribution in [0.5, 0.6) is 0 Å². The molecule has 0 aromatic carbocycles. The predicted molar refractivity (Wildman–Crippen MR) is 82.3 cm³/mol. The number of thioether (sulfide) groups is 1. The fourth-order valence-electron chi connectivity index (χ4n) is 2.91. The van der Waals surface area contributed by atoms with Gasteiger partial charge in [0.05, 0.1) is 17.7 Å². The van der Waals surface area contributed by atoms with E-state index in [1.807, 2.05) is 4.68 Å². The Morgan fingerprint density at radius 3 is 2.71 bits per heavy atom. The lowest BCUT2D eigenvalue weighted by Gasteiger charge is -2.26. The van der Waals surface area contributed by atoms with Crippen molar-refractivity contribution in [2.24, 2.45) is 0 Å². The highest BCUT2D eigenvalue weighted by Crippen LogP contribution is 2.45. The Kier molecular flexibility index (Phi) is 4.00. The maximum absolute atomic E-state index is 6.15. The third-order valence-corrected chi connectivity index (χ3v) is 5.59. The largest absolute Gasteiger partial charge is 0.368 e. The van der Waals surface area contributed by atoms with Gasteiger partial charge < -0.3 is 10.1 Å². The first-order valence-corrected chi connectivity index (χ1v) is 8.60. The van der Waals surface area contributed by atoms with Crippen molar-refractivity contribution in [3.63, 3.8) is 0 Å². The third-order valence-electron chi connectivity index (χ3n) is 4.07. The minimum atomic E-state index is -0.156. The number of nitrogens with zero attached hydrogens (tertiary/aromatic N) is 4. The number of aromatic nitrogens is 4. The zero-order valence-corrected chi connectivity index (χ0v) is 14.1. The van der Waals surface area contributed by atoms with E-state index < -0.39 is 0 Å². The van der Waals surface area contributed by atoms with Crippen LogP contribution in [0.25, 0.3) is 0 Å². The first kappa shape index (κ1) is 15.2. The van der Waals surface area contributed by atoms with E-state index in [9.17, 15) is 0 Å². The van der Waals surface area contributed by atoms with E-state index in [0.717, 1.165) is 30.7 Å². The lowest BCUT2D eigenvalue weighted by atomic mass is 10.0. The molecule has 1 N–H and O–H groups in total. The van der Waals surface area contributed by atoms with E-state index in [4.69, 9.17) is 4.74 Å². The van der Waals surface area contributed by atoms with Gasteiger partial charge >= 0.3 is 0 Å². The molecule has 21 heavy (non-hydrogen) atoms. The molecule has 1 aromatic heterocycles. The van der Waals surface area contributed by atoms with E-state index >= 15 is 0 Å². The van der Waals surface area contributed by atoms with Gasteiger partial charge in [0.2, 0.25) is 5.16 Å². The quantitative estimate of drug-likeness (QED) is 0.865. The van der Waals surface area contributed by atoms with Gasteiger partial charge in [-0.1, -0.05) is 11.8 Å². The molecule has 118 valence electrons. The Balaban J connectivity index is 1.60. The van der Waals surface area contributed by atoms with Crippen LogP contribution < -0.4 is 5.32 Å². The summed E-state index contributed by atoms with van der Waals surface area (Å²) in [6.45, 7) is 10.4. The highest BCUT2D eigenvalue weighted by atomic mass is 32.2. The molecule has 2 heterocycles. The second kappa shape index (κ2) is 5.52. The van der Waals surface area contributed by atoms with Crippen molar-refractivity contribution >= 4 is 11.8 Å². The molecule has 1 aliphatic heterocycles. The standard InChI is InChI=1S/C14H25N5OS/c1-13(2)9-11(14(3,4)20-13)21-12-16-17-18-19(12)8-7-15-10-5-6-10/h10-11,15H,5-9H2,1-4H3. The van der Waals surface area contributed by atoms with Crippen LogP contribution >= 0.6 is 11.8 Å². The molecule has 1 aliphatic carbocycles. The molecule has 1 saturated heterocycles. The van der Waals surface area contributed by atoms with Crippen LogP contribution in [-0.2, 0) is 11.3 Å². The number of ether oxygens (including phenoxy) is 1. The summed E-state index contributed by atoms with van der Waals surface area (Å²) in [6, 6.07) is 0.723. The van der Waals surface area contributed by atoms with Gasteiger partial charge in [-0.25, -0.2) is 4.68 Å². The SMILES string of the molecule is CC1(C)CC(Sc2nnnn2CCNC2CC2)C(C)(C)O1. The second-order valence-electron chi connectivity index (χ2n) is 7.19. The summed E-state index contributed by atoms with van der Waals surface area (Å²) < 4.78 is 8.05. The van der Waals surface area contributed by atoms with Crippen molar-refractivity contribution in [3.05, 3.63) is 0 Å². The molecule has 0 spiro atoms. The van der Waals surface area contributed by atoms with Crippen LogP contribution in [0.15, 0.2) is 5.16 Å². The zero-order chi connectivity index (χ0) is 15.1. The maximum atomic E-state index is 6.15. The Hall–Kier alpha value is -0.660. The molecular formula is C14H25N5OS. The van der Waals surface area contributed by atoms with Crippen molar-refractivity contribution in [2.45, 2.75) is 81.2 Å². The topological polar surface area (TPSA) is 64.9 Å². The van der Waals surface area contributed by atoms with Gasteiger partial charge in [-0.05, 0) is 57.4 Å². The van der Waals surface area contributed by atoms with Crippen LogP contribution in [0.3, 0.4) is 0 Å². The number of hydrogen-bond acceptors (Lipinski definition) is 6. The average Bonchev–Trinajstić information content (AvgIpc) is 3.02. The van der Waals surface area contributed by atoms with Gasteiger partial charge in [-0.15, -0.1) is 5.10 Å². The fraction of sp³-hybridized carbons (Fsp3) is 0.929. The Morgan fingerprint density at radius 1 is 1.33 bits per heavy atom. The number of nitrogens with one attached hydrogen (secondary N) is 1. The molecule has 1 atom stereocenters. The Labute approximate surface area is 130 Å². The minimum Gasteiger partial charge on any atom is -0.368 e. The number of tetrazole rings is 1. The molecule has 7 heteroatoms. The van der Waals surface area contributed by atoms with Crippen LogP contribution in [0.2, 0.25) is 0 Å². The molecule has 6 nitrogen and oxygen atoms in total. The third kappa shape index (κ3) is 3.76. The first-order chi connectivity index (χ1) is 9.86. The highest BCUT2D eigenvalue weighted by molar-refractivity contribution is 7.99. The number of rotatable bonds is 6. The lowest BCUT2D eigenvalue weighted by molar-refractivity contribution is -0.0631. The van der Waals surface area contributed by atoms with Crippen molar-refractivity contribution in [2.75, 3.05) is 6.54 Å². The molecule has 0 radical (unpaired) electrons. The van der Waals surface area contributed by atoms with E-state index in [0.29, 0.717) is 5.25 Å². The van der Waals surface area contributed by atoms with Gasteiger partial charge in [-0.3, -0.25) is 0 Å². The molecule has 2 aliphatic rings. The maximum Gasteiger partial charge on any atom is 0.209 e. The van der Waals surface area contributed by atoms with Gasteiger partial charge in [-0.2, -0.15) is 0 Å². The first-order valence-electron chi connectivity index (χ1n) is 7.72. The van der Waals surface area contributed by atoms with E-state index in [1.165, 1.54) is 12.8 Å². The van der Waals surface area contributed by atoms with Gasteiger partial charge in [0, 0.05) is 17.8 Å². The molecule has 1 saturated carbocycles. The molecule has 3 rings (SSSR count). The van der Waals surface area contributed by atoms with Crippen LogP contribution in [0.4, 0.5) is 0 Å². The van der Waals surface area contributed by atoms with E-state index in [1.54, 1.807) is 11.8 Å². The molecule has 0 amide bonds. The summed E-state index contributed by atoms with van der Waals surface area (Å²) in [6.07, 6.45) is 3.62. The Bertz CT molecular complexity index is 497. The van der Waals surface area contributed by atoms with Crippen LogP contribution in [0.1, 0.15) is 47.0 Å². The zero-order valence-electron chi connectivity index (χ0n) is 13.3.